The predicted molar refractivity (Wildman–Crippen MR) is 108 cm³/mol. The number of carbonyl (C=O) groups excluding carboxylic acids is 1. The summed E-state index contributed by atoms with van der Waals surface area (Å²) < 4.78 is 16.2. The number of nitrogens with one attached hydrogen (secondary N) is 1. The van der Waals surface area contributed by atoms with E-state index in [9.17, 15) is 4.79 Å². The minimum absolute atomic E-state index is 0.199. The molecule has 0 saturated heterocycles. The zero-order valence-electron chi connectivity index (χ0n) is 16.5. The van der Waals surface area contributed by atoms with Crippen LogP contribution in [0.15, 0.2) is 59.1 Å². The van der Waals surface area contributed by atoms with Gasteiger partial charge in [0.2, 0.25) is 0 Å². The van der Waals surface area contributed by atoms with Gasteiger partial charge in [-0.3, -0.25) is 0 Å². The maximum absolute atomic E-state index is 12.3. The number of hydrogen-bond acceptors (Lipinski definition) is 6. The molecule has 29 heavy (non-hydrogen) atoms. The lowest BCUT2D eigenvalue weighted by Gasteiger charge is -2.17. The summed E-state index contributed by atoms with van der Waals surface area (Å²) in [4.78, 5) is 18.2. The van der Waals surface area contributed by atoms with Gasteiger partial charge in [-0.2, -0.15) is 4.98 Å². The Kier molecular flexibility index (Phi) is 7.05. The van der Waals surface area contributed by atoms with Gasteiger partial charge in [0.1, 0.15) is 11.5 Å². The molecule has 2 amide bonds. The maximum atomic E-state index is 12.3. The smallest absolute Gasteiger partial charge is 0.321 e. The fourth-order valence-corrected chi connectivity index (χ4v) is 2.50. The van der Waals surface area contributed by atoms with Crippen LogP contribution in [0.1, 0.15) is 18.6 Å². The molecule has 0 aliphatic carbocycles. The molecule has 0 fully saturated rings. The van der Waals surface area contributed by atoms with E-state index in [4.69, 9.17) is 14.0 Å². The Morgan fingerprint density at radius 1 is 1.07 bits per heavy atom. The van der Waals surface area contributed by atoms with Crippen LogP contribution in [0, 0.1) is 0 Å². The maximum Gasteiger partial charge on any atom is 0.321 e. The van der Waals surface area contributed by atoms with E-state index in [1.54, 1.807) is 24.1 Å². The van der Waals surface area contributed by atoms with Gasteiger partial charge in [0.25, 0.3) is 5.89 Å². The molecule has 1 aromatic heterocycles. The third-order valence-corrected chi connectivity index (χ3v) is 4.05. The molecular weight excluding hydrogens is 372 g/mol. The van der Waals surface area contributed by atoms with Crippen LogP contribution in [0.2, 0.25) is 0 Å². The van der Waals surface area contributed by atoms with Crippen molar-refractivity contribution in [2.45, 2.75) is 20.0 Å². The first kappa shape index (κ1) is 20.2. The van der Waals surface area contributed by atoms with E-state index in [0.29, 0.717) is 37.0 Å². The van der Waals surface area contributed by atoms with Gasteiger partial charge in [-0.25, -0.2) is 4.79 Å². The highest BCUT2D eigenvalue weighted by Crippen LogP contribution is 2.16. The van der Waals surface area contributed by atoms with E-state index < -0.39 is 0 Å². The van der Waals surface area contributed by atoms with E-state index in [1.165, 1.54) is 0 Å². The SMILES string of the molecule is CCOc1ccc(NC(=O)N(C)CCc2noc(COc3ccccc3)n2)cc1. The summed E-state index contributed by atoms with van der Waals surface area (Å²) in [6, 6.07) is 16.4. The largest absolute Gasteiger partial charge is 0.494 e. The molecular formula is C21H24N4O4. The van der Waals surface area contributed by atoms with Crippen molar-refractivity contribution in [3.8, 4) is 11.5 Å². The third-order valence-electron chi connectivity index (χ3n) is 4.05. The number of amides is 2. The van der Waals surface area contributed by atoms with Crippen LogP contribution < -0.4 is 14.8 Å². The summed E-state index contributed by atoms with van der Waals surface area (Å²) in [6.07, 6.45) is 0.474. The second-order valence-electron chi connectivity index (χ2n) is 6.27. The van der Waals surface area contributed by atoms with Crippen molar-refractivity contribution in [3.63, 3.8) is 0 Å². The van der Waals surface area contributed by atoms with Crippen molar-refractivity contribution in [1.29, 1.82) is 0 Å². The van der Waals surface area contributed by atoms with Gasteiger partial charge in [0.15, 0.2) is 12.4 Å². The lowest BCUT2D eigenvalue weighted by atomic mass is 10.3. The number of benzene rings is 2. The number of likely N-dealkylation sites (N-methyl/N-ethyl adjacent to an activating group) is 1. The predicted octanol–water partition coefficient (Wildman–Crippen LogP) is 3.75. The average molecular weight is 396 g/mol. The number of hydrogen-bond donors (Lipinski definition) is 1. The van der Waals surface area contributed by atoms with Gasteiger partial charge in [-0.05, 0) is 43.3 Å². The van der Waals surface area contributed by atoms with Gasteiger partial charge >= 0.3 is 6.03 Å². The number of urea groups is 1. The van der Waals surface area contributed by atoms with Crippen LogP contribution in [0.3, 0.4) is 0 Å². The molecule has 0 aliphatic rings. The van der Waals surface area contributed by atoms with E-state index >= 15 is 0 Å². The topological polar surface area (TPSA) is 89.7 Å². The van der Waals surface area contributed by atoms with Gasteiger partial charge in [-0.15, -0.1) is 0 Å². The molecule has 0 saturated carbocycles. The van der Waals surface area contributed by atoms with Crippen LogP contribution in [-0.4, -0.2) is 41.3 Å². The first-order valence-corrected chi connectivity index (χ1v) is 9.38. The zero-order valence-corrected chi connectivity index (χ0v) is 16.5. The summed E-state index contributed by atoms with van der Waals surface area (Å²) in [5, 5.41) is 6.77. The minimum atomic E-state index is -0.217. The van der Waals surface area contributed by atoms with Crippen molar-refractivity contribution in [2.75, 3.05) is 25.5 Å². The summed E-state index contributed by atoms with van der Waals surface area (Å²) in [6.45, 7) is 3.17. The molecule has 2 aromatic carbocycles. The van der Waals surface area contributed by atoms with Gasteiger partial charge < -0.3 is 24.2 Å². The van der Waals surface area contributed by atoms with Crippen LogP contribution in [0.4, 0.5) is 10.5 Å². The van der Waals surface area contributed by atoms with Crippen molar-refractivity contribution < 1.29 is 18.8 Å². The summed E-state index contributed by atoms with van der Waals surface area (Å²) in [5.41, 5.74) is 0.699. The number of para-hydroxylation sites is 1. The summed E-state index contributed by atoms with van der Waals surface area (Å²) in [5.74, 6) is 2.42. The Morgan fingerprint density at radius 3 is 2.52 bits per heavy atom. The Balaban J connectivity index is 1.43. The van der Waals surface area contributed by atoms with Crippen LogP contribution >= 0.6 is 0 Å². The Morgan fingerprint density at radius 2 is 1.79 bits per heavy atom. The monoisotopic (exact) mass is 396 g/mol. The number of anilines is 1. The number of carbonyl (C=O) groups is 1. The number of rotatable bonds is 9. The fraction of sp³-hybridized carbons (Fsp3) is 0.286. The van der Waals surface area contributed by atoms with Crippen LogP contribution in [-0.2, 0) is 13.0 Å². The van der Waals surface area contributed by atoms with E-state index in [0.717, 1.165) is 11.5 Å². The molecule has 3 rings (SSSR count). The highest BCUT2D eigenvalue weighted by molar-refractivity contribution is 5.89. The molecule has 0 atom stereocenters. The third kappa shape index (κ3) is 6.24. The molecule has 0 aliphatic heterocycles. The normalized spacial score (nSPS) is 10.4. The molecule has 152 valence electrons. The molecule has 0 bridgehead atoms. The second-order valence-corrected chi connectivity index (χ2v) is 6.27. The number of aromatic nitrogens is 2. The highest BCUT2D eigenvalue weighted by atomic mass is 16.5. The number of nitrogens with zero attached hydrogens (tertiary/aromatic N) is 3. The highest BCUT2D eigenvalue weighted by Gasteiger charge is 2.12. The molecule has 0 spiro atoms. The quantitative estimate of drug-likeness (QED) is 0.592. The van der Waals surface area contributed by atoms with Crippen molar-refractivity contribution in [1.82, 2.24) is 15.0 Å². The van der Waals surface area contributed by atoms with Crippen molar-refractivity contribution in [3.05, 3.63) is 66.3 Å². The Bertz CT molecular complexity index is 897. The minimum Gasteiger partial charge on any atom is -0.494 e. The molecule has 0 radical (unpaired) electrons. The second kappa shape index (κ2) is 10.1. The van der Waals surface area contributed by atoms with Crippen LogP contribution in [0.25, 0.3) is 0 Å². The van der Waals surface area contributed by atoms with E-state index in [2.05, 4.69) is 15.5 Å². The standard InChI is InChI=1S/C21H24N4O4/c1-3-27-18-11-9-16(10-12-18)22-21(26)25(2)14-13-19-23-20(29-24-19)15-28-17-7-5-4-6-8-17/h4-12H,3,13-15H2,1-2H3,(H,22,26). The lowest BCUT2D eigenvalue weighted by molar-refractivity contribution is 0.222. The molecule has 1 N–H and O–H groups in total. The lowest BCUT2D eigenvalue weighted by Crippen LogP contribution is -2.33. The molecule has 8 heteroatoms. The van der Waals surface area contributed by atoms with Crippen LogP contribution in [0.5, 0.6) is 11.5 Å². The average Bonchev–Trinajstić information content (AvgIpc) is 3.21. The van der Waals surface area contributed by atoms with Gasteiger partial charge in [0.05, 0.1) is 6.61 Å². The van der Waals surface area contributed by atoms with Crippen molar-refractivity contribution in [2.24, 2.45) is 0 Å². The zero-order chi connectivity index (χ0) is 20.5. The first-order valence-electron chi connectivity index (χ1n) is 9.38. The van der Waals surface area contributed by atoms with Gasteiger partial charge in [0, 0.05) is 25.7 Å². The molecule has 8 nitrogen and oxygen atoms in total. The summed E-state index contributed by atoms with van der Waals surface area (Å²) >= 11 is 0. The van der Waals surface area contributed by atoms with E-state index in [-0.39, 0.29) is 12.6 Å². The van der Waals surface area contributed by atoms with E-state index in [1.807, 2.05) is 49.4 Å². The molecule has 3 aromatic rings. The Hall–Kier alpha value is -3.55. The fourth-order valence-electron chi connectivity index (χ4n) is 2.50. The van der Waals surface area contributed by atoms with Gasteiger partial charge in [-0.1, -0.05) is 23.4 Å². The molecule has 0 unspecified atom stereocenters. The number of ether oxygens (including phenoxy) is 2. The first-order chi connectivity index (χ1) is 14.1. The summed E-state index contributed by atoms with van der Waals surface area (Å²) in [7, 11) is 1.71. The Labute approximate surface area is 169 Å². The van der Waals surface area contributed by atoms with Crippen molar-refractivity contribution >= 4 is 11.7 Å². The molecule has 1 heterocycles.